The van der Waals surface area contributed by atoms with Crippen LogP contribution < -0.4 is 15.0 Å². The fourth-order valence-electron chi connectivity index (χ4n) is 5.12. The Labute approximate surface area is 208 Å². The van der Waals surface area contributed by atoms with Gasteiger partial charge in [0, 0.05) is 30.9 Å². The number of anilines is 1. The Hall–Kier alpha value is -2.59. The molecule has 2 aliphatic rings. The van der Waals surface area contributed by atoms with Crippen molar-refractivity contribution >= 4 is 33.1 Å². The van der Waals surface area contributed by atoms with Crippen LogP contribution in [0.4, 0.5) is 10.1 Å². The molecule has 186 valence electrons. The van der Waals surface area contributed by atoms with Crippen LogP contribution in [0.5, 0.6) is 5.75 Å². The fourth-order valence-corrected chi connectivity index (χ4v) is 5.93. The number of rotatable bonds is 8. The van der Waals surface area contributed by atoms with Crippen molar-refractivity contribution in [3.63, 3.8) is 0 Å². The Kier molecular flexibility index (Phi) is 7.29. The number of aliphatic hydroxyl groups is 1. The lowest BCUT2D eigenvalue weighted by atomic mass is 10.0. The monoisotopic (exact) mass is 498 g/mol. The molecular weight excluding hydrogens is 467 g/mol. The highest BCUT2D eigenvalue weighted by molar-refractivity contribution is 7.18. The number of aryl methyl sites for hydroxylation is 1. The molecule has 0 spiro atoms. The van der Waals surface area contributed by atoms with Gasteiger partial charge in [0.1, 0.15) is 24.3 Å². The number of nitrogens with zero attached hydrogens (tertiary/aromatic N) is 3. The summed E-state index contributed by atoms with van der Waals surface area (Å²) in [4.78, 5) is 21.8. The van der Waals surface area contributed by atoms with Crippen molar-refractivity contribution < 1.29 is 19.0 Å². The van der Waals surface area contributed by atoms with Crippen molar-refractivity contribution in [1.82, 2.24) is 15.2 Å². The first-order chi connectivity index (χ1) is 17.0. The molecular formula is C26H31FN4O3S. The standard InChI is InChI=1S/C26H31FN4O3S/c1-17-29-23-14-22(6-7-25(23)35-17)34-16-21(32)15-31(20-8-11-28-12-9-20)24-10-13-30(26(24)33)19-4-2-18(27)3-5-19/h2-7,14,20-21,24,28,32H,8-13,15-16H2,1H3/t21-,24-/m1/s1. The molecule has 7 nitrogen and oxygen atoms in total. The summed E-state index contributed by atoms with van der Waals surface area (Å²) in [5, 5.41) is 15.3. The molecule has 2 aromatic carbocycles. The number of halogens is 1. The molecule has 2 fully saturated rings. The number of hydrogen-bond acceptors (Lipinski definition) is 7. The fraction of sp³-hybridized carbons (Fsp3) is 0.462. The van der Waals surface area contributed by atoms with Crippen LogP contribution in [0.25, 0.3) is 10.2 Å². The highest BCUT2D eigenvalue weighted by Gasteiger charge is 2.40. The number of benzene rings is 2. The van der Waals surface area contributed by atoms with E-state index in [4.69, 9.17) is 4.74 Å². The second-order valence-corrected chi connectivity index (χ2v) is 10.5. The lowest BCUT2D eigenvalue weighted by Crippen LogP contribution is -2.53. The largest absolute Gasteiger partial charge is 0.491 e. The molecule has 1 aromatic heterocycles. The third-order valence-corrected chi connectivity index (χ3v) is 7.78. The van der Waals surface area contributed by atoms with E-state index < -0.39 is 6.10 Å². The molecule has 3 aromatic rings. The number of ether oxygens (including phenoxy) is 1. The van der Waals surface area contributed by atoms with Crippen LogP contribution in [-0.2, 0) is 4.79 Å². The zero-order valence-electron chi connectivity index (χ0n) is 19.8. The van der Waals surface area contributed by atoms with Gasteiger partial charge in [0.05, 0.1) is 21.3 Å². The SMILES string of the molecule is Cc1nc2cc(OC[C@H](O)CN(C3CCNCC3)[C@@H]3CCN(c4ccc(F)cc4)C3=O)ccc2s1. The average Bonchev–Trinajstić information content (AvgIpc) is 3.43. The van der Waals surface area contributed by atoms with Gasteiger partial charge in [-0.15, -0.1) is 11.3 Å². The second-order valence-electron chi connectivity index (χ2n) is 9.28. The summed E-state index contributed by atoms with van der Waals surface area (Å²) >= 11 is 1.64. The number of aromatic nitrogens is 1. The van der Waals surface area contributed by atoms with Crippen molar-refractivity contribution in [2.24, 2.45) is 0 Å². The number of carbonyl (C=O) groups is 1. The highest BCUT2D eigenvalue weighted by Crippen LogP contribution is 2.29. The Morgan fingerprint density at radius 3 is 2.77 bits per heavy atom. The molecule has 2 aliphatic heterocycles. The topological polar surface area (TPSA) is 77.9 Å². The van der Waals surface area contributed by atoms with E-state index in [1.807, 2.05) is 25.1 Å². The van der Waals surface area contributed by atoms with Gasteiger partial charge in [-0.05, 0) is 75.7 Å². The molecule has 0 aliphatic carbocycles. The van der Waals surface area contributed by atoms with Gasteiger partial charge in [-0.2, -0.15) is 0 Å². The van der Waals surface area contributed by atoms with Crippen molar-refractivity contribution in [2.75, 3.05) is 37.7 Å². The number of hydrogen-bond donors (Lipinski definition) is 2. The lowest BCUT2D eigenvalue weighted by Gasteiger charge is -2.39. The Morgan fingerprint density at radius 2 is 2.00 bits per heavy atom. The first kappa shape index (κ1) is 24.1. The van der Waals surface area contributed by atoms with E-state index in [-0.39, 0.29) is 30.4 Å². The zero-order chi connectivity index (χ0) is 24.4. The predicted molar refractivity (Wildman–Crippen MR) is 136 cm³/mol. The molecule has 0 unspecified atom stereocenters. The Bertz CT molecular complexity index is 1170. The first-order valence-corrected chi connectivity index (χ1v) is 13.0. The first-order valence-electron chi connectivity index (χ1n) is 12.2. The summed E-state index contributed by atoms with van der Waals surface area (Å²) in [5.74, 6) is 0.364. The molecule has 2 saturated heterocycles. The van der Waals surface area contributed by atoms with Gasteiger partial charge in [-0.1, -0.05) is 0 Å². The highest BCUT2D eigenvalue weighted by atomic mass is 32.1. The van der Waals surface area contributed by atoms with Crippen LogP contribution >= 0.6 is 11.3 Å². The molecule has 0 saturated carbocycles. The van der Waals surface area contributed by atoms with Gasteiger partial charge in [-0.3, -0.25) is 9.69 Å². The van der Waals surface area contributed by atoms with Crippen molar-refractivity contribution in [1.29, 1.82) is 0 Å². The second kappa shape index (κ2) is 10.6. The summed E-state index contributed by atoms with van der Waals surface area (Å²) in [6.45, 7) is 4.84. The number of carbonyl (C=O) groups excluding carboxylic acids is 1. The van der Waals surface area contributed by atoms with Crippen LogP contribution in [0.2, 0.25) is 0 Å². The summed E-state index contributed by atoms with van der Waals surface area (Å²) in [7, 11) is 0. The van der Waals surface area contributed by atoms with Crippen LogP contribution in [0.3, 0.4) is 0 Å². The number of nitrogens with one attached hydrogen (secondary N) is 1. The quantitative estimate of drug-likeness (QED) is 0.496. The van der Waals surface area contributed by atoms with Crippen molar-refractivity contribution in [2.45, 2.75) is 44.4 Å². The van der Waals surface area contributed by atoms with Crippen molar-refractivity contribution in [3.8, 4) is 5.75 Å². The van der Waals surface area contributed by atoms with Crippen LogP contribution in [-0.4, -0.2) is 71.9 Å². The Balaban J connectivity index is 1.26. The summed E-state index contributed by atoms with van der Waals surface area (Å²) in [6.07, 6.45) is 1.78. The van der Waals surface area contributed by atoms with E-state index in [2.05, 4.69) is 15.2 Å². The number of aliphatic hydroxyl groups excluding tert-OH is 1. The normalized spacial score (nSPS) is 20.2. The number of piperidine rings is 1. The van der Waals surface area contributed by atoms with Gasteiger partial charge in [0.2, 0.25) is 5.91 Å². The summed E-state index contributed by atoms with van der Waals surface area (Å²) in [5.41, 5.74) is 1.61. The molecule has 1 amide bonds. The van der Waals surface area contributed by atoms with Gasteiger partial charge >= 0.3 is 0 Å². The maximum atomic E-state index is 13.4. The molecule has 35 heavy (non-hydrogen) atoms. The Morgan fingerprint density at radius 1 is 1.23 bits per heavy atom. The minimum absolute atomic E-state index is 0.00705. The third kappa shape index (κ3) is 5.48. The van der Waals surface area contributed by atoms with E-state index in [0.29, 0.717) is 30.9 Å². The van der Waals surface area contributed by atoms with Gasteiger partial charge in [0.25, 0.3) is 0 Å². The summed E-state index contributed by atoms with van der Waals surface area (Å²) in [6, 6.07) is 11.7. The lowest BCUT2D eigenvalue weighted by molar-refractivity contribution is -0.123. The van der Waals surface area contributed by atoms with Crippen LogP contribution in [0.1, 0.15) is 24.3 Å². The number of amides is 1. The molecule has 2 N–H and O–H groups in total. The van der Waals surface area contributed by atoms with Gasteiger partial charge in [0.15, 0.2) is 0 Å². The minimum Gasteiger partial charge on any atom is -0.491 e. The predicted octanol–water partition coefficient (Wildman–Crippen LogP) is 3.34. The van der Waals surface area contributed by atoms with Gasteiger partial charge in [-0.25, -0.2) is 9.37 Å². The van der Waals surface area contributed by atoms with E-state index >= 15 is 0 Å². The molecule has 0 radical (unpaired) electrons. The molecule has 3 heterocycles. The molecule has 2 atom stereocenters. The van der Waals surface area contributed by atoms with Crippen LogP contribution in [0, 0.1) is 12.7 Å². The van der Waals surface area contributed by atoms with E-state index in [1.165, 1.54) is 12.1 Å². The third-order valence-electron chi connectivity index (χ3n) is 6.82. The average molecular weight is 499 g/mol. The number of thiazole rings is 1. The molecule has 9 heteroatoms. The van der Waals surface area contributed by atoms with Gasteiger partial charge < -0.3 is 20.1 Å². The maximum absolute atomic E-state index is 13.4. The molecule has 0 bridgehead atoms. The molecule has 5 rings (SSSR count). The maximum Gasteiger partial charge on any atom is 0.244 e. The van der Waals surface area contributed by atoms with Crippen molar-refractivity contribution in [3.05, 3.63) is 53.3 Å². The van der Waals surface area contributed by atoms with E-state index in [9.17, 15) is 14.3 Å². The van der Waals surface area contributed by atoms with E-state index in [1.54, 1.807) is 28.4 Å². The summed E-state index contributed by atoms with van der Waals surface area (Å²) < 4.78 is 20.4. The number of fused-ring (bicyclic) bond motifs is 1. The minimum atomic E-state index is -0.745. The van der Waals surface area contributed by atoms with Crippen LogP contribution in [0.15, 0.2) is 42.5 Å². The van der Waals surface area contributed by atoms with E-state index in [0.717, 1.165) is 41.2 Å². The smallest absolute Gasteiger partial charge is 0.244 e. The zero-order valence-corrected chi connectivity index (χ0v) is 20.6.